The number of nitrogens with zero attached hydrogens (tertiary/aromatic N) is 2. The molecule has 0 aliphatic carbocycles. The van der Waals surface area contributed by atoms with E-state index in [1.807, 2.05) is 31.2 Å². The molecule has 9 amide bonds. The number of carbonyl (C=O) groups is 9. The van der Waals surface area contributed by atoms with E-state index in [9.17, 15) is 43.2 Å². The number of unbranched alkanes of at least 4 members (excludes halogenated alkanes) is 1. The SMILES string of the molecule is CCCCC(NC(C)=O)C(=O)NC(CCC(N)=O)C(=O)NC(Cc1cnc[nH]1)C(=O)NC(Cc1ccccc1)C(=O)NC(CCCN=C(N)N)C(=O)NC(Cc1c[nH]c2ccccc12)C(=O)NCC(N)=O. The highest BCUT2D eigenvalue weighted by Gasteiger charge is 2.34. The number of imidazole rings is 1. The number of carbonyl (C=O) groups excluding carboxylic acids is 9. The van der Waals surface area contributed by atoms with Crippen LogP contribution in [0.25, 0.3) is 10.9 Å². The number of aromatic amines is 2. The Labute approximate surface area is 409 Å². The maximum atomic E-state index is 14.6. The summed E-state index contributed by atoms with van der Waals surface area (Å²) >= 11 is 0. The Kier molecular flexibility index (Phi) is 22.0. The molecule has 6 atom stereocenters. The molecule has 382 valence electrons. The standard InChI is InChI=1S/C47H65N15O9/c1-3-4-14-33(57-27(2)63)42(67)59-35(17-18-39(48)64)44(69)62-38(22-30-24-52-26-56-30)46(71)60-36(20-28-11-6-5-7-12-28)45(70)58-34(16-10-19-53-47(50)51)43(68)61-37(41(66)55-25-40(49)65)21-29-23-54-32-15-9-8-13-31(29)32/h5-9,11-13,15,23-24,26,33-38,54H,3-4,10,14,16-22,25H2,1-2H3,(H2,48,64)(H2,49,65)(H,52,56)(H,55,66)(H,57,63)(H,58,70)(H,59,67)(H,60,71)(H,61,68)(H,62,69)(H4,50,51,53). The second-order valence-corrected chi connectivity index (χ2v) is 16.9. The van der Waals surface area contributed by atoms with Gasteiger partial charge in [0.1, 0.15) is 36.3 Å². The van der Waals surface area contributed by atoms with E-state index in [1.54, 1.807) is 36.5 Å². The van der Waals surface area contributed by atoms with Gasteiger partial charge < -0.3 is 70.1 Å². The highest BCUT2D eigenvalue weighted by molar-refractivity contribution is 5.98. The van der Waals surface area contributed by atoms with Crippen LogP contribution < -0.4 is 60.2 Å². The lowest BCUT2D eigenvalue weighted by Crippen LogP contribution is -2.60. The summed E-state index contributed by atoms with van der Waals surface area (Å²) in [7, 11) is 0. The van der Waals surface area contributed by atoms with Crippen LogP contribution in [0.1, 0.15) is 75.6 Å². The van der Waals surface area contributed by atoms with E-state index < -0.39 is 96.0 Å². The van der Waals surface area contributed by atoms with Crippen LogP contribution in [0.2, 0.25) is 0 Å². The number of nitrogens with one attached hydrogen (secondary N) is 9. The van der Waals surface area contributed by atoms with Crippen molar-refractivity contribution < 1.29 is 43.2 Å². The van der Waals surface area contributed by atoms with E-state index in [1.165, 1.54) is 19.4 Å². The maximum absolute atomic E-state index is 14.6. The molecule has 0 spiro atoms. The van der Waals surface area contributed by atoms with Gasteiger partial charge in [0.25, 0.3) is 0 Å². The largest absolute Gasteiger partial charge is 0.370 e. The molecule has 0 saturated heterocycles. The number of primary amides is 2. The molecule has 71 heavy (non-hydrogen) atoms. The quantitative estimate of drug-likeness (QED) is 0.0153. The summed E-state index contributed by atoms with van der Waals surface area (Å²) in [5.41, 5.74) is 24.3. The molecule has 0 aliphatic heterocycles. The first-order chi connectivity index (χ1) is 33.9. The number of guanidine groups is 1. The predicted octanol–water partition coefficient (Wildman–Crippen LogP) is -2.04. The number of aromatic nitrogens is 3. The van der Waals surface area contributed by atoms with Crippen molar-refractivity contribution in [1.29, 1.82) is 0 Å². The fraction of sp³-hybridized carbons (Fsp3) is 0.426. The molecule has 6 unspecified atom stereocenters. The summed E-state index contributed by atoms with van der Waals surface area (Å²) in [6, 6.07) is 8.10. The number of hydrogen-bond donors (Lipinski definition) is 13. The Balaban J connectivity index is 1.65. The molecule has 4 aromatic rings. The van der Waals surface area contributed by atoms with Crippen LogP contribution in [0.3, 0.4) is 0 Å². The maximum Gasteiger partial charge on any atom is 0.243 e. The fourth-order valence-corrected chi connectivity index (χ4v) is 7.52. The normalized spacial score (nSPS) is 13.4. The van der Waals surface area contributed by atoms with Gasteiger partial charge in [-0.15, -0.1) is 0 Å². The van der Waals surface area contributed by atoms with E-state index in [0.29, 0.717) is 29.7 Å². The zero-order chi connectivity index (χ0) is 51.9. The van der Waals surface area contributed by atoms with Crippen LogP contribution in [0.15, 0.2) is 78.3 Å². The zero-order valence-electron chi connectivity index (χ0n) is 39.8. The molecular formula is C47H65N15O9. The molecule has 0 aliphatic rings. The van der Waals surface area contributed by atoms with Crippen molar-refractivity contribution in [2.45, 2.75) is 114 Å². The van der Waals surface area contributed by atoms with Gasteiger partial charge in [0.15, 0.2) is 5.96 Å². The van der Waals surface area contributed by atoms with Gasteiger partial charge in [-0.2, -0.15) is 0 Å². The summed E-state index contributed by atoms with van der Waals surface area (Å²) in [6.45, 7) is 2.70. The minimum atomic E-state index is -1.43. The van der Waals surface area contributed by atoms with Crippen LogP contribution in [-0.4, -0.2) is 123 Å². The van der Waals surface area contributed by atoms with E-state index >= 15 is 0 Å². The third-order valence-electron chi connectivity index (χ3n) is 11.1. The third-order valence-corrected chi connectivity index (χ3v) is 11.1. The van der Waals surface area contributed by atoms with E-state index in [-0.39, 0.29) is 63.9 Å². The van der Waals surface area contributed by atoms with Gasteiger partial charge in [-0.1, -0.05) is 68.3 Å². The van der Waals surface area contributed by atoms with Crippen molar-refractivity contribution in [3.63, 3.8) is 0 Å². The average Bonchev–Trinajstić information content (AvgIpc) is 4.01. The summed E-state index contributed by atoms with van der Waals surface area (Å²) in [5, 5.41) is 19.2. The first-order valence-corrected chi connectivity index (χ1v) is 23.2. The number of benzene rings is 2. The number of nitrogens with two attached hydrogens (primary N) is 4. The van der Waals surface area contributed by atoms with Gasteiger partial charge in [-0.25, -0.2) is 4.98 Å². The fourth-order valence-electron chi connectivity index (χ4n) is 7.52. The molecule has 4 rings (SSSR count). The molecule has 0 bridgehead atoms. The molecule has 17 N–H and O–H groups in total. The highest BCUT2D eigenvalue weighted by atomic mass is 16.2. The van der Waals surface area contributed by atoms with Crippen LogP contribution in [-0.2, 0) is 62.4 Å². The van der Waals surface area contributed by atoms with Gasteiger partial charge in [0.05, 0.1) is 12.9 Å². The van der Waals surface area contributed by atoms with E-state index in [2.05, 4.69) is 57.2 Å². The summed E-state index contributed by atoms with van der Waals surface area (Å²) in [6.07, 6.45) is 5.22. The predicted molar refractivity (Wildman–Crippen MR) is 262 cm³/mol. The number of hydrogen-bond acceptors (Lipinski definition) is 11. The Hall–Kier alpha value is -8.31. The van der Waals surface area contributed by atoms with E-state index in [0.717, 1.165) is 10.9 Å². The Morgan fingerprint density at radius 2 is 1.15 bits per heavy atom. The van der Waals surface area contributed by atoms with Crippen molar-refractivity contribution >= 4 is 70.0 Å². The monoisotopic (exact) mass is 984 g/mol. The number of amides is 9. The van der Waals surface area contributed by atoms with E-state index in [4.69, 9.17) is 22.9 Å². The topological polar surface area (TPSA) is 399 Å². The van der Waals surface area contributed by atoms with Gasteiger partial charge in [0.2, 0.25) is 53.2 Å². The van der Waals surface area contributed by atoms with Crippen LogP contribution >= 0.6 is 0 Å². The second kappa shape index (κ2) is 28.2. The van der Waals surface area contributed by atoms with Gasteiger partial charge in [-0.3, -0.25) is 48.1 Å². The third kappa shape index (κ3) is 19.0. The first kappa shape index (κ1) is 55.3. The number of rotatable bonds is 30. The minimum Gasteiger partial charge on any atom is -0.370 e. The highest BCUT2D eigenvalue weighted by Crippen LogP contribution is 2.20. The van der Waals surface area contributed by atoms with Crippen molar-refractivity contribution in [2.75, 3.05) is 13.1 Å². The van der Waals surface area contributed by atoms with Gasteiger partial charge in [0, 0.05) is 68.1 Å². The summed E-state index contributed by atoms with van der Waals surface area (Å²) < 4.78 is 0. The van der Waals surface area contributed by atoms with Gasteiger partial charge >= 0.3 is 0 Å². The molecule has 2 aromatic carbocycles. The minimum absolute atomic E-state index is 0.0348. The molecule has 0 fully saturated rings. The van der Waals surface area contributed by atoms with Crippen molar-refractivity contribution in [2.24, 2.45) is 27.9 Å². The molecule has 2 heterocycles. The smallest absolute Gasteiger partial charge is 0.243 e. The van der Waals surface area contributed by atoms with Crippen molar-refractivity contribution in [3.05, 3.63) is 90.1 Å². The Bertz CT molecular complexity index is 2470. The van der Waals surface area contributed by atoms with Crippen molar-refractivity contribution in [1.82, 2.24) is 52.2 Å². The Morgan fingerprint density at radius 1 is 0.606 bits per heavy atom. The number of aliphatic imine (C=N–C) groups is 1. The molecule has 0 saturated carbocycles. The van der Waals surface area contributed by atoms with Crippen LogP contribution in [0, 0.1) is 0 Å². The first-order valence-electron chi connectivity index (χ1n) is 23.2. The lowest BCUT2D eigenvalue weighted by atomic mass is 10.0. The average molecular weight is 984 g/mol. The summed E-state index contributed by atoms with van der Waals surface area (Å²) in [5.74, 6) is -7.04. The molecular weight excluding hydrogens is 919 g/mol. The molecule has 24 heteroatoms. The lowest BCUT2D eigenvalue weighted by Gasteiger charge is -2.28. The molecule has 24 nitrogen and oxygen atoms in total. The summed E-state index contributed by atoms with van der Waals surface area (Å²) in [4.78, 5) is 134. The number of H-pyrrole nitrogens is 2. The molecule has 2 aromatic heterocycles. The zero-order valence-corrected chi connectivity index (χ0v) is 39.8. The lowest BCUT2D eigenvalue weighted by molar-refractivity contribution is -0.135. The van der Waals surface area contributed by atoms with Crippen LogP contribution in [0.4, 0.5) is 0 Å². The second-order valence-electron chi connectivity index (χ2n) is 16.9. The van der Waals surface area contributed by atoms with Crippen molar-refractivity contribution in [3.8, 4) is 0 Å². The van der Waals surface area contributed by atoms with Crippen LogP contribution in [0.5, 0.6) is 0 Å². The molecule has 0 radical (unpaired) electrons. The Morgan fingerprint density at radius 3 is 1.73 bits per heavy atom. The van der Waals surface area contributed by atoms with Gasteiger partial charge in [-0.05, 0) is 42.9 Å². The number of fused-ring (bicyclic) bond motifs is 1. The number of para-hydroxylation sites is 1.